The fraction of sp³-hybridized carbons (Fsp3) is 0.800. The first-order valence-corrected chi connectivity index (χ1v) is 5.97. The zero-order valence-corrected chi connectivity index (χ0v) is 10.3. The van der Waals surface area contributed by atoms with E-state index in [1.807, 2.05) is 0 Å². The summed E-state index contributed by atoms with van der Waals surface area (Å²) in [6.45, 7) is 3.37. The predicted octanol–water partition coefficient (Wildman–Crippen LogP) is -0.494. The molecule has 1 rings (SSSR count). The number of carbonyl (C=O) groups excluding carboxylic acids is 2. The smallest absolute Gasteiger partial charge is 0.237 e. The summed E-state index contributed by atoms with van der Waals surface area (Å²) in [5.74, 6) is 0.0238. The molecule has 0 spiro atoms. The van der Waals surface area contributed by atoms with Crippen LogP contribution in [0.4, 0.5) is 0 Å². The highest BCUT2D eigenvalue weighted by molar-refractivity contribution is 6.27. The monoisotopic (exact) mass is 247 g/mol. The first-order chi connectivity index (χ1) is 7.67. The molecule has 1 aliphatic heterocycles. The van der Waals surface area contributed by atoms with Crippen LogP contribution in [0.1, 0.15) is 6.42 Å². The summed E-state index contributed by atoms with van der Waals surface area (Å²) in [7, 11) is 1.63. The number of amides is 2. The van der Waals surface area contributed by atoms with Gasteiger partial charge in [-0.3, -0.25) is 14.5 Å². The quantitative estimate of drug-likeness (QED) is 0.685. The number of alkyl halides is 1. The number of hydrogen-bond donors (Lipinski definition) is 1. The van der Waals surface area contributed by atoms with E-state index in [0.29, 0.717) is 13.1 Å². The van der Waals surface area contributed by atoms with E-state index in [-0.39, 0.29) is 17.7 Å². The Morgan fingerprint density at radius 2 is 2.00 bits per heavy atom. The van der Waals surface area contributed by atoms with Crippen LogP contribution in [0.3, 0.4) is 0 Å². The first kappa shape index (κ1) is 13.3. The minimum atomic E-state index is -0.0246. The van der Waals surface area contributed by atoms with Gasteiger partial charge in [-0.2, -0.15) is 0 Å². The van der Waals surface area contributed by atoms with Crippen LogP contribution in [-0.4, -0.2) is 67.3 Å². The summed E-state index contributed by atoms with van der Waals surface area (Å²) >= 11 is 5.51. The molecule has 0 saturated carbocycles. The Bertz CT molecular complexity index is 260. The van der Waals surface area contributed by atoms with Crippen molar-refractivity contribution in [3.63, 3.8) is 0 Å². The summed E-state index contributed by atoms with van der Waals surface area (Å²) in [6.07, 6.45) is 0.889. The summed E-state index contributed by atoms with van der Waals surface area (Å²) < 4.78 is 0. The van der Waals surface area contributed by atoms with E-state index in [2.05, 4.69) is 10.2 Å². The molecule has 1 N–H and O–H groups in total. The Balaban J connectivity index is 2.40. The van der Waals surface area contributed by atoms with Crippen LogP contribution in [-0.2, 0) is 9.59 Å². The van der Waals surface area contributed by atoms with Gasteiger partial charge in [0, 0.05) is 33.2 Å². The van der Waals surface area contributed by atoms with Crippen LogP contribution in [0, 0.1) is 0 Å². The molecular formula is C10H18ClN3O2. The van der Waals surface area contributed by atoms with Gasteiger partial charge in [0.1, 0.15) is 5.88 Å². The fourth-order valence-corrected chi connectivity index (χ4v) is 1.91. The highest BCUT2D eigenvalue weighted by Gasteiger charge is 2.19. The topological polar surface area (TPSA) is 52.7 Å². The lowest BCUT2D eigenvalue weighted by atomic mass is 10.3. The summed E-state index contributed by atoms with van der Waals surface area (Å²) in [5.41, 5.74) is 0. The molecule has 92 valence electrons. The minimum absolute atomic E-state index is 0.0112. The van der Waals surface area contributed by atoms with Crippen LogP contribution in [0.2, 0.25) is 0 Å². The third-order valence-corrected chi connectivity index (χ3v) is 2.93. The maximum Gasteiger partial charge on any atom is 0.237 e. The predicted molar refractivity (Wildman–Crippen MR) is 62.4 cm³/mol. The molecule has 2 amide bonds. The van der Waals surface area contributed by atoms with Crippen LogP contribution in [0.5, 0.6) is 0 Å². The molecule has 16 heavy (non-hydrogen) atoms. The molecule has 6 heteroatoms. The zero-order valence-electron chi connectivity index (χ0n) is 9.54. The molecule has 0 aromatic carbocycles. The third kappa shape index (κ3) is 3.98. The maximum absolute atomic E-state index is 11.4. The molecule has 1 saturated heterocycles. The Morgan fingerprint density at radius 3 is 2.62 bits per heavy atom. The van der Waals surface area contributed by atoms with Crippen molar-refractivity contribution >= 4 is 23.4 Å². The normalized spacial score (nSPS) is 18.0. The van der Waals surface area contributed by atoms with E-state index < -0.39 is 0 Å². The zero-order chi connectivity index (χ0) is 12.0. The van der Waals surface area contributed by atoms with Gasteiger partial charge < -0.3 is 10.2 Å². The molecular weight excluding hydrogens is 230 g/mol. The Kier molecular flexibility index (Phi) is 5.55. The molecule has 1 aliphatic rings. The van der Waals surface area contributed by atoms with Crippen LogP contribution < -0.4 is 5.32 Å². The van der Waals surface area contributed by atoms with Crippen molar-refractivity contribution in [1.29, 1.82) is 0 Å². The second-order valence-corrected chi connectivity index (χ2v) is 4.08. The number of nitrogens with zero attached hydrogens (tertiary/aromatic N) is 2. The van der Waals surface area contributed by atoms with E-state index >= 15 is 0 Å². The van der Waals surface area contributed by atoms with Crippen LogP contribution in [0.25, 0.3) is 0 Å². The summed E-state index contributed by atoms with van der Waals surface area (Å²) in [6, 6.07) is 0. The molecule has 0 bridgehead atoms. The first-order valence-electron chi connectivity index (χ1n) is 5.44. The Morgan fingerprint density at radius 1 is 1.25 bits per heavy atom. The van der Waals surface area contributed by atoms with Crippen molar-refractivity contribution in [2.45, 2.75) is 6.42 Å². The average molecular weight is 248 g/mol. The molecule has 5 nitrogen and oxygen atoms in total. The van der Waals surface area contributed by atoms with E-state index in [4.69, 9.17) is 11.6 Å². The third-order valence-electron chi connectivity index (χ3n) is 2.70. The van der Waals surface area contributed by atoms with E-state index in [0.717, 1.165) is 26.1 Å². The van der Waals surface area contributed by atoms with Crippen LogP contribution in [0.15, 0.2) is 0 Å². The Labute approximate surface area is 101 Å². The molecule has 0 aliphatic carbocycles. The second-order valence-electron chi connectivity index (χ2n) is 3.82. The van der Waals surface area contributed by atoms with E-state index in [9.17, 15) is 9.59 Å². The van der Waals surface area contributed by atoms with Crippen molar-refractivity contribution < 1.29 is 9.59 Å². The maximum atomic E-state index is 11.4. The highest BCUT2D eigenvalue weighted by Crippen LogP contribution is 2.03. The van der Waals surface area contributed by atoms with Crippen molar-refractivity contribution in [3.8, 4) is 0 Å². The number of rotatable bonds is 3. The number of hydrogen-bond acceptors (Lipinski definition) is 3. The number of nitrogens with one attached hydrogen (secondary N) is 1. The van der Waals surface area contributed by atoms with Gasteiger partial charge in [0.2, 0.25) is 11.8 Å². The minimum Gasteiger partial charge on any atom is -0.358 e. The molecule has 0 aromatic heterocycles. The number of carbonyl (C=O) groups is 2. The van der Waals surface area contributed by atoms with Crippen molar-refractivity contribution in [3.05, 3.63) is 0 Å². The lowest BCUT2D eigenvalue weighted by molar-refractivity contribution is -0.128. The fourth-order valence-electron chi connectivity index (χ4n) is 1.75. The van der Waals surface area contributed by atoms with Gasteiger partial charge in [0.25, 0.3) is 0 Å². The molecule has 1 heterocycles. The van der Waals surface area contributed by atoms with E-state index in [1.165, 1.54) is 0 Å². The summed E-state index contributed by atoms with van der Waals surface area (Å²) in [5, 5.41) is 2.60. The Hall–Kier alpha value is -0.810. The molecule has 1 fully saturated rings. The number of likely N-dealkylation sites (N-methyl/N-ethyl adjacent to an activating group) is 1. The van der Waals surface area contributed by atoms with Gasteiger partial charge in [-0.15, -0.1) is 11.6 Å². The van der Waals surface area contributed by atoms with Crippen molar-refractivity contribution in [1.82, 2.24) is 15.1 Å². The lowest BCUT2D eigenvalue weighted by Gasteiger charge is -2.20. The second kappa shape index (κ2) is 6.70. The number of halogens is 1. The van der Waals surface area contributed by atoms with Crippen LogP contribution >= 0.6 is 11.6 Å². The standard InChI is InChI=1S/C10H18ClN3O2/c1-12-9(15)8-13-3-2-4-14(6-5-13)10(16)7-11/h2-8H2,1H3,(H,12,15). The van der Waals surface area contributed by atoms with Crippen molar-refractivity contribution in [2.24, 2.45) is 0 Å². The average Bonchev–Trinajstić information content (AvgIpc) is 2.53. The summed E-state index contributed by atoms with van der Waals surface area (Å²) in [4.78, 5) is 26.4. The molecule has 0 radical (unpaired) electrons. The van der Waals surface area contributed by atoms with Gasteiger partial charge in [-0.25, -0.2) is 0 Å². The van der Waals surface area contributed by atoms with Gasteiger partial charge in [-0.1, -0.05) is 0 Å². The van der Waals surface area contributed by atoms with Gasteiger partial charge >= 0.3 is 0 Å². The van der Waals surface area contributed by atoms with E-state index in [1.54, 1.807) is 11.9 Å². The largest absolute Gasteiger partial charge is 0.358 e. The SMILES string of the molecule is CNC(=O)CN1CCCN(C(=O)CCl)CC1. The molecule has 0 atom stereocenters. The highest BCUT2D eigenvalue weighted by atomic mass is 35.5. The van der Waals surface area contributed by atoms with Gasteiger partial charge in [-0.05, 0) is 6.42 Å². The van der Waals surface area contributed by atoms with Crippen molar-refractivity contribution in [2.75, 3.05) is 45.7 Å². The lowest BCUT2D eigenvalue weighted by Crippen LogP contribution is -2.39. The van der Waals surface area contributed by atoms with Gasteiger partial charge in [0.05, 0.1) is 6.54 Å². The van der Waals surface area contributed by atoms with Gasteiger partial charge in [0.15, 0.2) is 0 Å². The molecule has 0 unspecified atom stereocenters. The molecule has 0 aromatic rings.